The fourth-order valence-corrected chi connectivity index (χ4v) is 6.95. The Morgan fingerprint density at radius 3 is 0.881 bits per heavy atom. The Labute approximate surface area is 266 Å². The summed E-state index contributed by atoms with van der Waals surface area (Å²) < 4.78 is 2.96. The van der Waals surface area contributed by atoms with E-state index in [1.165, 1.54) is 193 Å². The normalized spacial score (nSPS) is 16.7. The molecule has 2 atom stereocenters. The lowest BCUT2D eigenvalue weighted by atomic mass is 10.1. The minimum atomic E-state index is 0.683. The van der Waals surface area contributed by atoms with E-state index in [1.54, 1.807) is 0 Å². The Kier molecular flexibility index (Phi) is 26.5. The van der Waals surface area contributed by atoms with Gasteiger partial charge in [-0.05, 0) is 64.7 Å². The van der Waals surface area contributed by atoms with Crippen LogP contribution in [0.2, 0.25) is 0 Å². The van der Waals surface area contributed by atoms with E-state index in [4.69, 9.17) is 0 Å². The maximum Gasteiger partial charge on any atom is 0.191 e. The maximum atomic E-state index is 3.00. The van der Waals surface area contributed by atoms with Gasteiger partial charge in [-0.1, -0.05) is 144 Å². The Hall–Kier alpha value is -0.410. The van der Waals surface area contributed by atoms with Crippen LogP contribution in [0.25, 0.3) is 0 Å². The number of nitrogens with zero attached hydrogens (tertiary/aromatic N) is 3. The molecule has 0 aromatic carbocycles. The molecule has 250 valence electrons. The molecular formula is C39H80N3+. The summed E-state index contributed by atoms with van der Waals surface area (Å²) in [5.74, 6) is 0. The molecular weight excluding hydrogens is 510 g/mol. The summed E-state index contributed by atoms with van der Waals surface area (Å²) in [5, 5.41) is 0. The number of hydrogen-bond donors (Lipinski definition) is 0. The second-order valence-electron chi connectivity index (χ2n) is 13.7. The molecule has 0 heterocycles. The summed E-state index contributed by atoms with van der Waals surface area (Å²) in [4.78, 5) is 6.00. The van der Waals surface area contributed by atoms with Gasteiger partial charge in [0, 0.05) is 12.8 Å². The van der Waals surface area contributed by atoms with Gasteiger partial charge < -0.3 is 0 Å². The highest BCUT2D eigenvalue weighted by atomic mass is 15.3. The van der Waals surface area contributed by atoms with Gasteiger partial charge >= 0.3 is 0 Å². The molecule has 3 heteroatoms. The van der Waals surface area contributed by atoms with Crippen LogP contribution in [0.15, 0.2) is 0 Å². The fraction of sp³-hybridized carbons (Fsp3) is 0.974. The summed E-state index contributed by atoms with van der Waals surface area (Å²) in [6.45, 7) is 22.0. The minimum absolute atomic E-state index is 0.683. The summed E-state index contributed by atoms with van der Waals surface area (Å²) in [7, 11) is 0. The van der Waals surface area contributed by atoms with Crippen molar-refractivity contribution in [3.05, 3.63) is 0 Å². The SMILES string of the molecule is CCCCCCN(CCCCCC)C1C(=[N+](CCCCCC)CCCCCC)C1N(CCCCCC)CCCCCC. The van der Waals surface area contributed by atoms with E-state index in [0.29, 0.717) is 12.1 Å². The lowest BCUT2D eigenvalue weighted by Crippen LogP contribution is -2.37. The second kappa shape index (κ2) is 28.1. The van der Waals surface area contributed by atoms with Crippen LogP contribution in [0.3, 0.4) is 0 Å². The van der Waals surface area contributed by atoms with Crippen LogP contribution in [0.1, 0.15) is 196 Å². The third kappa shape index (κ3) is 17.8. The van der Waals surface area contributed by atoms with Gasteiger partial charge in [0.05, 0.1) is 0 Å². The molecule has 0 spiro atoms. The van der Waals surface area contributed by atoms with Crippen molar-refractivity contribution in [1.82, 2.24) is 9.80 Å². The standard InChI is InChI=1S/C39H80N3/c1-7-13-19-25-31-40(32-26-20-14-8-2)37-38(41(33-27-21-15-9-3)34-28-22-16-10-4)39(37)42(35-29-23-17-11-5)36-30-24-18-12-6/h37-38H,7-36H2,1-6H3/q+1. The highest BCUT2D eigenvalue weighted by Crippen LogP contribution is 2.33. The molecule has 0 saturated heterocycles. The predicted octanol–water partition coefficient (Wildman–Crippen LogP) is 11.3. The van der Waals surface area contributed by atoms with Gasteiger partial charge in [0.15, 0.2) is 5.71 Å². The average molecular weight is 591 g/mol. The number of hydrogen-bond acceptors (Lipinski definition) is 2. The van der Waals surface area contributed by atoms with Gasteiger partial charge in [-0.3, -0.25) is 9.80 Å². The summed E-state index contributed by atoms with van der Waals surface area (Å²) >= 11 is 0. The molecule has 0 radical (unpaired) electrons. The zero-order chi connectivity index (χ0) is 30.7. The van der Waals surface area contributed by atoms with Crippen LogP contribution >= 0.6 is 0 Å². The van der Waals surface area contributed by atoms with Crippen molar-refractivity contribution < 1.29 is 4.58 Å². The predicted molar refractivity (Wildman–Crippen MR) is 191 cm³/mol. The first-order valence-electron chi connectivity index (χ1n) is 19.8. The zero-order valence-electron chi connectivity index (χ0n) is 30.2. The molecule has 0 N–H and O–H groups in total. The zero-order valence-corrected chi connectivity index (χ0v) is 30.2. The summed E-state index contributed by atoms with van der Waals surface area (Å²) in [6, 6.07) is 1.37. The van der Waals surface area contributed by atoms with E-state index in [1.807, 2.05) is 5.71 Å². The second-order valence-corrected chi connectivity index (χ2v) is 13.7. The van der Waals surface area contributed by atoms with Crippen LogP contribution < -0.4 is 0 Å². The van der Waals surface area contributed by atoms with E-state index in [9.17, 15) is 0 Å². The van der Waals surface area contributed by atoms with Gasteiger partial charge in [0.1, 0.15) is 25.2 Å². The highest BCUT2D eigenvalue weighted by molar-refractivity contribution is 6.08. The minimum Gasteiger partial charge on any atom is -0.290 e. The molecule has 0 aromatic rings. The molecule has 1 aliphatic carbocycles. The lowest BCUT2D eigenvalue weighted by molar-refractivity contribution is -0.528. The number of rotatable bonds is 32. The first-order chi connectivity index (χ1) is 20.7. The average Bonchev–Trinajstić information content (AvgIpc) is 3.73. The van der Waals surface area contributed by atoms with Crippen molar-refractivity contribution in [2.75, 3.05) is 39.3 Å². The lowest BCUT2D eigenvalue weighted by Gasteiger charge is -2.25. The molecule has 0 bridgehead atoms. The Balaban J connectivity index is 3.30. The molecule has 1 saturated carbocycles. The Morgan fingerprint density at radius 1 is 0.357 bits per heavy atom. The summed E-state index contributed by atoms with van der Waals surface area (Å²) in [6.07, 6.45) is 33.2. The van der Waals surface area contributed by atoms with Gasteiger partial charge in [0.2, 0.25) is 0 Å². The molecule has 1 aliphatic rings. The molecule has 1 fully saturated rings. The van der Waals surface area contributed by atoms with E-state index in [-0.39, 0.29) is 0 Å². The van der Waals surface area contributed by atoms with Gasteiger partial charge in [-0.25, -0.2) is 4.58 Å². The Bertz CT molecular complexity index is 541. The van der Waals surface area contributed by atoms with Crippen molar-refractivity contribution in [3.63, 3.8) is 0 Å². The molecule has 0 amide bonds. The van der Waals surface area contributed by atoms with Crippen molar-refractivity contribution in [1.29, 1.82) is 0 Å². The topological polar surface area (TPSA) is 9.49 Å². The molecule has 3 nitrogen and oxygen atoms in total. The van der Waals surface area contributed by atoms with Crippen molar-refractivity contribution in [2.45, 2.75) is 208 Å². The summed E-state index contributed by atoms with van der Waals surface area (Å²) in [5.41, 5.74) is 1.85. The van der Waals surface area contributed by atoms with Crippen molar-refractivity contribution >= 4 is 5.71 Å². The number of unbranched alkanes of at least 4 members (excludes halogenated alkanes) is 18. The smallest absolute Gasteiger partial charge is 0.191 e. The first kappa shape index (κ1) is 39.6. The first-order valence-corrected chi connectivity index (χ1v) is 19.8. The van der Waals surface area contributed by atoms with E-state index in [2.05, 4.69) is 55.9 Å². The molecule has 42 heavy (non-hydrogen) atoms. The van der Waals surface area contributed by atoms with Crippen molar-refractivity contribution in [3.8, 4) is 0 Å². The highest BCUT2D eigenvalue weighted by Gasteiger charge is 2.59. The van der Waals surface area contributed by atoms with Crippen LogP contribution in [-0.4, -0.2) is 71.4 Å². The van der Waals surface area contributed by atoms with Gasteiger partial charge in [-0.15, -0.1) is 0 Å². The van der Waals surface area contributed by atoms with Crippen LogP contribution in [0.4, 0.5) is 0 Å². The van der Waals surface area contributed by atoms with E-state index >= 15 is 0 Å². The fourth-order valence-electron chi connectivity index (χ4n) is 6.95. The quantitative estimate of drug-likeness (QED) is 0.0569. The van der Waals surface area contributed by atoms with Crippen LogP contribution in [-0.2, 0) is 0 Å². The van der Waals surface area contributed by atoms with Gasteiger partial charge in [0.25, 0.3) is 0 Å². The molecule has 0 aromatic heterocycles. The van der Waals surface area contributed by atoms with E-state index in [0.717, 1.165) is 0 Å². The van der Waals surface area contributed by atoms with Crippen LogP contribution in [0, 0.1) is 0 Å². The third-order valence-corrected chi connectivity index (χ3v) is 9.71. The monoisotopic (exact) mass is 591 g/mol. The van der Waals surface area contributed by atoms with Gasteiger partial charge in [-0.2, -0.15) is 0 Å². The molecule has 0 aliphatic heterocycles. The van der Waals surface area contributed by atoms with Crippen molar-refractivity contribution in [2.24, 2.45) is 0 Å². The largest absolute Gasteiger partial charge is 0.290 e. The molecule has 2 unspecified atom stereocenters. The Morgan fingerprint density at radius 2 is 0.619 bits per heavy atom. The maximum absolute atomic E-state index is 3.00. The molecule has 1 rings (SSSR count). The van der Waals surface area contributed by atoms with E-state index < -0.39 is 0 Å². The van der Waals surface area contributed by atoms with Crippen LogP contribution in [0.5, 0.6) is 0 Å². The third-order valence-electron chi connectivity index (χ3n) is 9.71.